The van der Waals surface area contributed by atoms with Crippen molar-refractivity contribution in [1.82, 2.24) is 9.80 Å². The van der Waals surface area contributed by atoms with Gasteiger partial charge in [-0.25, -0.2) is 4.39 Å². The predicted molar refractivity (Wildman–Crippen MR) is 78.9 cm³/mol. The molecule has 2 rings (SSSR count). The number of benzene rings is 1. The van der Waals surface area contributed by atoms with Gasteiger partial charge in [0.1, 0.15) is 5.82 Å². The summed E-state index contributed by atoms with van der Waals surface area (Å²) in [5.41, 5.74) is 0.656. The molecule has 0 spiro atoms. The normalized spacial score (nSPS) is 16.1. The predicted octanol–water partition coefficient (Wildman–Crippen LogP) is 1.92. The van der Waals surface area contributed by atoms with Gasteiger partial charge in [-0.3, -0.25) is 9.59 Å². The van der Waals surface area contributed by atoms with Crippen LogP contribution < -0.4 is 0 Å². The fourth-order valence-electron chi connectivity index (χ4n) is 2.34. The van der Waals surface area contributed by atoms with Crippen LogP contribution in [0.5, 0.6) is 0 Å². The Hall–Kier alpha value is -2.17. The zero-order valence-corrected chi connectivity index (χ0v) is 12.1. The molecule has 1 fully saturated rings. The van der Waals surface area contributed by atoms with Crippen molar-refractivity contribution in [3.8, 4) is 0 Å². The minimum atomic E-state index is -0.323. The molecule has 0 unspecified atom stereocenters. The Bertz CT molecular complexity index is 557. The smallest absolute Gasteiger partial charge is 0.246 e. The second-order valence-corrected chi connectivity index (χ2v) is 5.07. The molecule has 1 aliphatic heterocycles. The molecule has 1 aromatic carbocycles. The average molecular weight is 290 g/mol. The van der Waals surface area contributed by atoms with Gasteiger partial charge in [0.2, 0.25) is 11.8 Å². The summed E-state index contributed by atoms with van der Waals surface area (Å²) in [5.74, 6) is -0.388. The first-order chi connectivity index (χ1) is 10.1. The lowest BCUT2D eigenvalue weighted by Crippen LogP contribution is -2.35. The highest BCUT2D eigenvalue weighted by molar-refractivity contribution is 5.91. The number of hydrogen-bond donors (Lipinski definition) is 0. The van der Waals surface area contributed by atoms with Crippen LogP contribution in [0.15, 0.2) is 30.3 Å². The van der Waals surface area contributed by atoms with Gasteiger partial charge in [-0.05, 0) is 30.2 Å². The van der Waals surface area contributed by atoms with Crippen molar-refractivity contribution in [3.63, 3.8) is 0 Å². The summed E-state index contributed by atoms with van der Waals surface area (Å²) < 4.78 is 13.1. The Morgan fingerprint density at radius 3 is 2.57 bits per heavy atom. The van der Waals surface area contributed by atoms with Gasteiger partial charge in [-0.15, -0.1) is 0 Å². The summed E-state index contributed by atoms with van der Waals surface area (Å²) in [7, 11) is 0. The first kappa shape index (κ1) is 15.2. The Labute approximate surface area is 123 Å². The molecule has 0 N–H and O–H groups in total. The topological polar surface area (TPSA) is 40.6 Å². The van der Waals surface area contributed by atoms with E-state index in [2.05, 4.69) is 0 Å². The van der Waals surface area contributed by atoms with Crippen LogP contribution in [0.3, 0.4) is 0 Å². The first-order valence-electron chi connectivity index (χ1n) is 7.04. The van der Waals surface area contributed by atoms with Crippen LogP contribution in [0.1, 0.15) is 18.9 Å². The van der Waals surface area contributed by atoms with Gasteiger partial charge in [0.05, 0.1) is 0 Å². The van der Waals surface area contributed by atoms with Gasteiger partial charge in [0, 0.05) is 39.2 Å². The van der Waals surface area contributed by atoms with Crippen LogP contribution in [0.2, 0.25) is 0 Å². The largest absolute Gasteiger partial charge is 0.341 e. The van der Waals surface area contributed by atoms with Gasteiger partial charge in [-0.1, -0.05) is 12.1 Å². The summed E-state index contributed by atoms with van der Waals surface area (Å²) in [6.45, 7) is 3.96. The maximum absolute atomic E-state index is 13.1. The SMILES string of the molecule is CC(=O)N1CCCN(C(=O)/C=C/c2cccc(F)c2)CC1. The van der Waals surface area contributed by atoms with Crippen LogP contribution in [0.4, 0.5) is 4.39 Å². The van der Waals surface area contributed by atoms with Crippen molar-refractivity contribution in [1.29, 1.82) is 0 Å². The van der Waals surface area contributed by atoms with Gasteiger partial charge < -0.3 is 9.80 Å². The number of amides is 2. The van der Waals surface area contributed by atoms with E-state index in [0.29, 0.717) is 31.7 Å². The van der Waals surface area contributed by atoms with E-state index in [0.717, 1.165) is 6.42 Å². The minimum Gasteiger partial charge on any atom is -0.341 e. The zero-order valence-electron chi connectivity index (χ0n) is 12.1. The van der Waals surface area contributed by atoms with Crippen LogP contribution in [-0.2, 0) is 9.59 Å². The molecule has 0 aliphatic carbocycles. The maximum atomic E-state index is 13.1. The van der Waals surface area contributed by atoms with Crippen molar-refractivity contribution >= 4 is 17.9 Å². The zero-order chi connectivity index (χ0) is 15.2. The average Bonchev–Trinajstić information content (AvgIpc) is 2.71. The Kier molecular flexibility index (Phi) is 5.09. The molecule has 1 saturated heterocycles. The molecule has 0 radical (unpaired) electrons. The maximum Gasteiger partial charge on any atom is 0.246 e. The molecule has 0 atom stereocenters. The molecule has 21 heavy (non-hydrogen) atoms. The number of rotatable bonds is 2. The van der Waals surface area contributed by atoms with Crippen molar-refractivity contribution < 1.29 is 14.0 Å². The van der Waals surface area contributed by atoms with E-state index in [9.17, 15) is 14.0 Å². The summed E-state index contributed by atoms with van der Waals surface area (Å²) in [4.78, 5) is 26.9. The van der Waals surface area contributed by atoms with Gasteiger partial charge in [0.15, 0.2) is 0 Å². The van der Waals surface area contributed by atoms with Crippen LogP contribution in [0.25, 0.3) is 6.08 Å². The van der Waals surface area contributed by atoms with E-state index in [4.69, 9.17) is 0 Å². The third-order valence-corrected chi connectivity index (χ3v) is 3.52. The fraction of sp³-hybridized carbons (Fsp3) is 0.375. The lowest BCUT2D eigenvalue weighted by Gasteiger charge is -2.20. The minimum absolute atomic E-state index is 0.0413. The second kappa shape index (κ2) is 7.02. The van der Waals surface area contributed by atoms with E-state index in [1.54, 1.807) is 34.9 Å². The van der Waals surface area contributed by atoms with Crippen molar-refractivity contribution in [2.24, 2.45) is 0 Å². The van der Waals surface area contributed by atoms with E-state index < -0.39 is 0 Å². The molecule has 1 aliphatic rings. The summed E-state index contributed by atoms with van der Waals surface area (Å²) in [5, 5.41) is 0. The molecule has 112 valence electrons. The highest BCUT2D eigenvalue weighted by atomic mass is 19.1. The summed E-state index contributed by atoms with van der Waals surface area (Å²) >= 11 is 0. The molecule has 2 amide bonds. The number of nitrogens with zero attached hydrogens (tertiary/aromatic N) is 2. The van der Waals surface area contributed by atoms with Crippen LogP contribution in [-0.4, -0.2) is 47.8 Å². The number of carbonyl (C=O) groups is 2. The number of halogens is 1. The Balaban J connectivity index is 1.95. The molecular formula is C16H19FN2O2. The number of hydrogen-bond acceptors (Lipinski definition) is 2. The third kappa shape index (κ3) is 4.41. The molecule has 1 heterocycles. The standard InChI is InChI=1S/C16H19FN2O2/c1-13(20)18-8-3-9-19(11-10-18)16(21)7-6-14-4-2-5-15(17)12-14/h2,4-7,12H,3,8-11H2,1H3/b7-6+. The van der Waals surface area contributed by atoms with E-state index in [1.807, 2.05) is 0 Å². The summed E-state index contributed by atoms with van der Waals surface area (Å²) in [6, 6.07) is 6.09. The molecule has 0 saturated carbocycles. The molecular weight excluding hydrogens is 271 g/mol. The Morgan fingerprint density at radius 1 is 1.14 bits per heavy atom. The quantitative estimate of drug-likeness (QED) is 0.781. The van der Waals surface area contributed by atoms with Crippen LogP contribution in [0, 0.1) is 5.82 Å². The third-order valence-electron chi connectivity index (χ3n) is 3.52. The monoisotopic (exact) mass is 290 g/mol. The van der Waals surface area contributed by atoms with E-state index in [-0.39, 0.29) is 17.6 Å². The van der Waals surface area contributed by atoms with E-state index in [1.165, 1.54) is 18.2 Å². The first-order valence-corrected chi connectivity index (χ1v) is 7.04. The van der Waals surface area contributed by atoms with Crippen LogP contribution >= 0.6 is 0 Å². The van der Waals surface area contributed by atoms with Gasteiger partial charge in [0.25, 0.3) is 0 Å². The number of carbonyl (C=O) groups excluding carboxylic acids is 2. The molecule has 0 aromatic heterocycles. The van der Waals surface area contributed by atoms with Crippen molar-refractivity contribution in [3.05, 3.63) is 41.7 Å². The second-order valence-electron chi connectivity index (χ2n) is 5.07. The lowest BCUT2D eigenvalue weighted by molar-refractivity contribution is -0.130. The molecule has 1 aromatic rings. The van der Waals surface area contributed by atoms with E-state index >= 15 is 0 Å². The lowest BCUT2D eigenvalue weighted by atomic mass is 10.2. The highest BCUT2D eigenvalue weighted by Gasteiger charge is 2.18. The summed E-state index contributed by atoms with van der Waals surface area (Å²) in [6.07, 6.45) is 3.84. The Morgan fingerprint density at radius 2 is 1.86 bits per heavy atom. The molecule has 5 heteroatoms. The van der Waals surface area contributed by atoms with Gasteiger partial charge in [-0.2, -0.15) is 0 Å². The highest BCUT2D eigenvalue weighted by Crippen LogP contribution is 2.08. The molecule has 0 bridgehead atoms. The van der Waals surface area contributed by atoms with Crippen molar-refractivity contribution in [2.75, 3.05) is 26.2 Å². The van der Waals surface area contributed by atoms with Crippen molar-refractivity contribution in [2.45, 2.75) is 13.3 Å². The molecule has 4 nitrogen and oxygen atoms in total. The fourth-order valence-corrected chi connectivity index (χ4v) is 2.34. The van der Waals surface area contributed by atoms with Gasteiger partial charge >= 0.3 is 0 Å².